The van der Waals surface area contributed by atoms with Gasteiger partial charge in [-0.05, 0) is 0 Å². The van der Waals surface area contributed by atoms with Crippen molar-refractivity contribution in [3.8, 4) is 0 Å². The Hall–Kier alpha value is 1.53. The predicted molar refractivity (Wildman–Crippen MR) is 43.7 cm³/mol. The topological polar surface area (TPSA) is 17.1 Å². The Balaban J connectivity index is 0.000000810. The number of benzene rings is 1. The van der Waals surface area contributed by atoms with E-state index in [1.807, 2.05) is 30.3 Å². The molecular weight excluding hydrogens is 162 g/mol. The van der Waals surface area contributed by atoms with E-state index in [1.54, 1.807) is 0 Å². The first-order chi connectivity index (χ1) is 4.30. The molecule has 1 nitrogen and oxygen atoms in total. The van der Waals surface area contributed by atoms with E-state index in [0.717, 1.165) is 5.56 Å². The Bertz CT molecular complexity index is 210. The van der Waals surface area contributed by atoms with Crippen LogP contribution in [0.3, 0.4) is 0 Å². The standard InChI is InChI=1S/C7H5O.K.Na.H/c8-6-7-4-2-1-3-5-7;;;/h1-5H;;;. The number of rotatable bonds is 1. The van der Waals surface area contributed by atoms with E-state index >= 15 is 0 Å². The zero-order chi connectivity index (χ0) is 6.69. The molecule has 0 saturated carbocycles. The summed E-state index contributed by atoms with van der Waals surface area (Å²) in [7, 11) is 0. The molecule has 0 spiro atoms. The normalized spacial score (nSPS) is 8.20. The van der Waals surface area contributed by atoms with Crippen molar-refractivity contribution in [2.24, 2.45) is 0 Å². The molecule has 0 fully saturated rings. The van der Waals surface area contributed by atoms with Gasteiger partial charge >= 0.3 is 123 Å². The van der Waals surface area contributed by atoms with Gasteiger partial charge in [-0.2, -0.15) is 0 Å². The van der Waals surface area contributed by atoms with E-state index in [2.05, 4.69) is 0 Å². The van der Waals surface area contributed by atoms with Gasteiger partial charge in [-0.25, -0.2) is 0 Å². The van der Waals surface area contributed by atoms with Crippen LogP contribution in [0.1, 0.15) is 10.4 Å². The van der Waals surface area contributed by atoms with Crippen molar-refractivity contribution >= 4 is 82.3 Å². The molecule has 0 aliphatic rings. The fraction of sp³-hybridized carbons (Fsp3) is 0. The molecule has 0 bridgehead atoms. The molecule has 0 atom stereocenters. The van der Waals surface area contributed by atoms with Crippen molar-refractivity contribution in [2.75, 3.05) is 0 Å². The number of hydrogen-bond acceptors (Lipinski definition) is 1. The summed E-state index contributed by atoms with van der Waals surface area (Å²) >= 11 is 0.618. The molecule has 0 radical (unpaired) electrons. The van der Waals surface area contributed by atoms with E-state index in [-0.39, 0.29) is 54.4 Å². The molecule has 0 unspecified atom stereocenters. The Labute approximate surface area is 120 Å². The summed E-state index contributed by atoms with van der Waals surface area (Å²) in [5, 5.41) is 0. The summed E-state index contributed by atoms with van der Waals surface area (Å²) in [5.41, 5.74) is 0.837. The quantitative estimate of drug-likeness (QED) is 0.553. The molecule has 42 valence electrons. The molecule has 0 aliphatic heterocycles. The average molecular weight is 168 g/mol. The third kappa shape index (κ3) is 3.79. The van der Waals surface area contributed by atoms with Crippen molar-refractivity contribution < 1.29 is 4.79 Å². The van der Waals surface area contributed by atoms with Gasteiger partial charge in [0.2, 0.25) is 0 Å². The Morgan fingerprint density at radius 2 is 1.70 bits per heavy atom. The monoisotopic (exact) mass is 168 g/mol. The summed E-state index contributed by atoms with van der Waals surface area (Å²) < 4.78 is 0.260. The third-order valence-electron chi connectivity index (χ3n) is 1.18. The fourth-order valence-electron chi connectivity index (χ4n) is 0.673. The first-order valence-electron chi connectivity index (χ1n) is 2.86. The van der Waals surface area contributed by atoms with E-state index in [1.165, 1.54) is 0 Å². The van der Waals surface area contributed by atoms with Gasteiger partial charge in [0.1, 0.15) is 0 Å². The molecular formula is C7H6KNaO. The number of carbonyl (C=O) groups is 1. The summed E-state index contributed by atoms with van der Waals surface area (Å²) in [6.07, 6.45) is 0. The van der Waals surface area contributed by atoms with Gasteiger partial charge in [-0.3, -0.25) is 0 Å². The molecule has 1 aromatic rings. The predicted octanol–water partition coefficient (Wildman–Crippen LogP) is 0.347. The summed E-state index contributed by atoms with van der Waals surface area (Å²) in [6, 6.07) is 9.36. The van der Waals surface area contributed by atoms with Crippen LogP contribution in [-0.2, 0) is 0 Å². The van der Waals surface area contributed by atoms with E-state index in [0.29, 0.717) is 27.9 Å². The molecule has 1 aromatic carbocycles. The molecule has 0 saturated heterocycles. The maximum absolute atomic E-state index is 10.7. The van der Waals surface area contributed by atoms with E-state index in [9.17, 15) is 4.79 Å². The van der Waals surface area contributed by atoms with Gasteiger partial charge in [0.15, 0.2) is 0 Å². The van der Waals surface area contributed by atoms with Crippen molar-refractivity contribution in [3.05, 3.63) is 35.9 Å². The summed E-state index contributed by atoms with van der Waals surface area (Å²) in [6.45, 7) is 0. The first kappa shape index (κ1) is 11.5. The van der Waals surface area contributed by atoms with Gasteiger partial charge in [-0.15, -0.1) is 0 Å². The molecule has 0 amide bonds. The van der Waals surface area contributed by atoms with E-state index in [4.69, 9.17) is 0 Å². The van der Waals surface area contributed by atoms with Crippen molar-refractivity contribution in [3.63, 3.8) is 0 Å². The van der Waals surface area contributed by atoms with Gasteiger partial charge in [0, 0.05) is 0 Å². The Kier molecular flexibility index (Phi) is 7.02. The second kappa shape index (κ2) is 6.09. The van der Waals surface area contributed by atoms with Crippen LogP contribution in [0.4, 0.5) is 0 Å². The van der Waals surface area contributed by atoms with E-state index < -0.39 is 0 Å². The van der Waals surface area contributed by atoms with Gasteiger partial charge in [-0.1, -0.05) is 0 Å². The minimum absolute atomic E-state index is 0. The first-order valence-corrected chi connectivity index (χ1v) is 3.86. The maximum atomic E-state index is 10.7. The molecule has 0 aromatic heterocycles. The van der Waals surface area contributed by atoms with Gasteiger partial charge < -0.3 is 0 Å². The average Bonchev–Trinajstić information content (AvgIpc) is 1.90. The molecule has 3 heteroatoms. The van der Waals surface area contributed by atoms with Crippen LogP contribution in [0, 0.1) is 0 Å². The second-order valence-corrected chi connectivity index (χ2v) is 2.83. The molecule has 1 rings (SSSR count). The molecule has 0 heterocycles. The molecule has 10 heavy (non-hydrogen) atoms. The van der Waals surface area contributed by atoms with Crippen LogP contribution < -0.4 is 0 Å². The SMILES string of the molecule is O=[C]([Na])c1ccccc1.[KH]. The van der Waals surface area contributed by atoms with Crippen LogP contribution in [-0.4, -0.2) is 82.3 Å². The van der Waals surface area contributed by atoms with Crippen LogP contribution in [0.15, 0.2) is 30.3 Å². The van der Waals surface area contributed by atoms with Crippen LogP contribution in [0.25, 0.3) is 0 Å². The Morgan fingerprint density at radius 3 is 2.00 bits per heavy atom. The van der Waals surface area contributed by atoms with Crippen LogP contribution >= 0.6 is 0 Å². The minimum atomic E-state index is 0. The molecule has 0 N–H and O–H groups in total. The van der Waals surface area contributed by atoms with Gasteiger partial charge in [0.25, 0.3) is 0 Å². The summed E-state index contributed by atoms with van der Waals surface area (Å²) in [4.78, 5) is 10.7. The third-order valence-corrected chi connectivity index (χ3v) is 1.76. The zero-order valence-electron chi connectivity index (χ0n) is 5.29. The molecule has 0 aliphatic carbocycles. The van der Waals surface area contributed by atoms with Crippen LogP contribution in [0.5, 0.6) is 0 Å². The van der Waals surface area contributed by atoms with Crippen molar-refractivity contribution in [2.45, 2.75) is 0 Å². The van der Waals surface area contributed by atoms with Crippen molar-refractivity contribution in [1.82, 2.24) is 0 Å². The fourth-order valence-corrected chi connectivity index (χ4v) is 1.01. The number of hydrogen-bond donors (Lipinski definition) is 0. The Morgan fingerprint density at radius 1 is 1.20 bits per heavy atom. The van der Waals surface area contributed by atoms with Crippen LogP contribution in [0.2, 0.25) is 0 Å². The number of carbonyl (C=O) groups excluding carboxylic acids is 1. The van der Waals surface area contributed by atoms with Gasteiger partial charge in [0.05, 0.1) is 0 Å². The summed E-state index contributed by atoms with van der Waals surface area (Å²) in [5.74, 6) is 0. The zero-order valence-corrected chi connectivity index (χ0v) is 7.29. The second-order valence-electron chi connectivity index (χ2n) is 1.92. The van der Waals surface area contributed by atoms with Crippen molar-refractivity contribution in [1.29, 1.82) is 0 Å².